The fourth-order valence-corrected chi connectivity index (χ4v) is 1.50. The van der Waals surface area contributed by atoms with Gasteiger partial charge in [0.05, 0.1) is 18.3 Å². The van der Waals surface area contributed by atoms with E-state index in [9.17, 15) is 0 Å². The molecule has 0 fully saturated rings. The number of nitrogens with one attached hydrogen (secondary N) is 1. The summed E-state index contributed by atoms with van der Waals surface area (Å²) in [5, 5.41) is 8.53. The summed E-state index contributed by atoms with van der Waals surface area (Å²) in [6.45, 7) is 0.528. The van der Waals surface area contributed by atoms with Gasteiger partial charge in [-0.2, -0.15) is 5.10 Å². The van der Waals surface area contributed by atoms with Crippen molar-refractivity contribution < 1.29 is 4.74 Å². The van der Waals surface area contributed by atoms with Crippen molar-refractivity contribution in [1.29, 1.82) is 0 Å². The Balaban J connectivity index is 2.56. The number of rotatable bonds is 2. The number of ether oxygens (including phenoxy) is 1. The number of hydrogen-bond donors (Lipinski definition) is 1. The second kappa shape index (κ2) is 3.36. The number of aromatic amines is 1. The Morgan fingerprint density at radius 1 is 1.54 bits per heavy atom. The van der Waals surface area contributed by atoms with Crippen molar-refractivity contribution in [2.45, 2.75) is 6.61 Å². The third-order valence-electron chi connectivity index (χ3n) is 1.91. The number of H-pyrrole nitrogens is 1. The van der Waals surface area contributed by atoms with Crippen LogP contribution in [0.3, 0.4) is 0 Å². The number of benzene rings is 1. The van der Waals surface area contributed by atoms with Gasteiger partial charge in [-0.3, -0.25) is 5.10 Å². The van der Waals surface area contributed by atoms with Crippen LogP contribution < -0.4 is 0 Å². The van der Waals surface area contributed by atoms with E-state index in [-0.39, 0.29) is 0 Å². The van der Waals surface area contributed by atoms with Crippen molar-refractivity contribution in [2.24, 2.45) is 0 Å². The zero-order valence-electron chi connectivity index (χ0n) is 7.17. The van der Waals surface area contributed by atoms with Crippen LogP contribution in [0.1, 0.15) is 5.56 Å². The summed E-state index contributed by atoms with van der Waals surface area (Å²) in [5.41, 5.74) is 1.93. The molecule has 68 valence electrons. The van der Waals surface area contributed by atoms with Gasteiger partial charge in [0.25, 0.3) is 0 Å². The van der Waals surface area contributed by atoms with Crippen molar-refractivity contribution in [2.75, 3.05) is 7.11 Å². The van der Waals surface area contributed by atoms with Gasteiger partial charge in [0, 0.05) is 17.5 Å². The Morgan fingerprint density at radius 2 is 2.38 bits per heavy atom. The monoisotopic (exact) mass is 196 g/mol. The molecule has 0 atom stereocenters. The lowest BCUT2D eigenvalue weighted by Gasteiger charge is -2.02. The molecule has 0 aliphatic rings. The molecule has 0 radical (unpaired) electrons. The zero-order chi connectivity index (χ0) is 9.26. The van der Waals surface area contributed by atoms with Crippen molar-refractivity contribution in [3.05, 3.63) is 28.9 Å². The van der Waals surface area contributed by atoms with E-state index in [1.54, 1.807) is 13.3 Å². The highest BCUT2D eigenvalue weighted by Crippen LogP contribution is 2.22. The lowest BCUT2D eigenvalue weighted by Crippen LogP contribution is -1.88. The summed E-state index contributed by atoms with van der Waals surface area (Å²) in [6, 6.07) is 3.84. The van der Waals surface area contributed by atoms with E-state index in [0.29, 0.717) is 11.6 Å². The summed E-state index contributed by atoms with van der Waals surface area (Å²) >= 11 is 6.01. The van der Waals surface area contributed by atoms with Crippen molar-refractivity contribution in [3.63, 3.8) is 0 Å². The van der Waals surface area contributed by atoms with Crippen LogP contribution in [0.4, 0.5) is 0 Å². The molecule has 0 unspecified atom stereocenters. The summed E-state index contributed by atoms with van der Waals surface area (Å²) in [6.07, 6.45) is 1.77. The fraction of sp³-hybridized carbons (Fsp3) is 0.222. The number of aromatic nitrogens is 2. The second-order valence-corrected chi connectivity index (χ2v) is 3.24. The number of methoxy groups -OCH3 is 1. The summed E-state index contributed by atoms with van der Waals surface area (Å²) in [5.74, 6) is 0. The first kappa shape index (κ1) is 8.53. The van der Waals surface area contributed by atoms with Crippen LogP contribution in [-0.2, 0) is 11.3 Å². The van der Waals surface area contributed by atoms with E-state index in [0.717, 1.165) is 16.5 Å². The number of fused-ring (bicyclic) bond motifs is 1. The molecule has 0 amide bonds. The zero-order valence-corrected chi connectivity index (χ0v) is 7.93. The predicted octanol–water partition coefficient (Wildman–Crippen LogP) is 2.36. The van der Waals surface area contributed by atoms with Crippen LogP contribution in [0.15, 0.2) is 18.3 Å². The Bertz CT molecular complexity index is 424. The first-order valence-corrected chi connectivity index (χ1v) is 4.29. The molecule has 13 heavy (non-hydrogen) atoms. The Morgan fingerprint density at radius 3 is 3.15 bits per heavy atom. The molecule has 1 N–H and O–H groups in total. The van der Waals surface area contributed by atoms with Gasteiger partial charge in [0.2, 0.25) is 0 Å². The molecule has 1 heterocycles. The number of nitrogens with zero attached hydrogens (tertiary/aromatic N) is 1. The van der Waals surface area contributed by atoms with Crippen LogP contribution in [0, 0.1) is 0 Å². The van der Waals surface area contributed by atoms with Gasteiger partial charge in [-0.15, -0.1) is 0 Å². The normalized spacial score (nSPS) is 10.9. The highest BCUT2D eigenvalue weighted by molar-refractivity contribution is 6.32. The standard InChI is InChI=1S/C9H9ClN2O/c1-13-5-7-2-6-4-11-12-9(6)3-8(7)10/h2-4H,5H2,1H3,(H,11,12). The lowest BCUT2D eigenvalue weighted by molar-refractivity contribution is 0.185. The van der Waals surface area contributed by atoms with E-state index in [4.69, 9.17) is 16.3 Å². The van der Waals surface area contributed by atoms with E-state index >= 15 is 0 Å². The summed E-state index contributed by atoms with van der Waals surface area (Å²) in [7, 11) is 1.65. The molecule has 0 aliphatic heterocycles. The van der Waals surface area contributed by atoms with Gasteiger partial charge in [0.15, 0.2) is 0 Å². The van der Waals surface area contributed by atoms with Crippen LogP contribution in [-0.4, -0.2) is 17.3 Å². The molecule has 2 rings (SSSR count). The van der Waals surface area contributed by atoms with Crippen molar-refractivity contribution in [1.82, 2.24) is 10.2 Å². The predicted molar refractivity (Wildman–Crippen MR) is 51.8 cm³/mol. The Hall–Kier alpha value is -1.06. The Kier molecular flexibility index (Phi) is 2.20. The van der Waals surface area contributed by atoms with Gasteiger partial charge in [0.1, 0.15) is 0 Å². The maximum atomic E-state index is 6.01. The topological polar surface area (TPSA) is 37.9 Å². The third kappa shape index (κ3) is 1.53. The van der Waals surface area contributed by atoms with Crippen molar-refractivity contribution in [3.8, 4) is 0 Å². The Labute approximate surface area is 80.7 Å². The van der Waals surface area contributed by atoms with E-state index in [1.165, 1.54) is 0 Å². The molecular weight excluding hydrogens is 188 g/mol. The molecular formula is C9H9ClN2O. The molecule has 1 aromatic heterocycles. The molecule has 0 aliphatic carbocycles. The van der Waals surface area contributed by atoms with Crippen LogP contribution in [0.25, 0.3) is 10.9 Å². The number of hydrogen-bond acceptors (Lipinski definition) is 2. The molecule has 1 aromatic carbocycles. The van der Waals surface area contributed by atoms with Gasteiger partial charge >= 0.3 is 0 Å². The molecule has 4 heteroatoms. The quantitative estimate of drug-likeness (QED) is 0.801. The minimum atomic E-state index is 0.528. The fourth-order valence-electron chi connectivity index (χ4n) is 1.28. The lowest BCUT2D eigenvalue weighted by atomic mass is 10.2. The molecule has 0 bridgehead atoms. The highest BCUT2D eigenvalue weighted by atomic mass is 35.5. The molecule has 0 spiro atoms. The van der Waals surface area contributed by atoms with Crippen LogP contribution in [0.5, 0.6) is 0 Å². The average Bonchev–Trinajstić information content (AvgIpc) is 2.52. The summed E-state index contributed by atoms with van der Waals surface area (Å²) in [4.78, 5) is 0. The molecule has 2 aromatic rings. The highest BCUT2D eigenvalue weighted by Gasteiger charge is 2.03. The van der Waals surface area contributed by atoms with E-state index < -0.39 is 0 Å². The van der Waals surface area contributed by atoms with Gasteiger partial charge < -0.3 is 4.74 Å². The first-order chi connectivity index (χ1) is 6.31. The van der Waals surface area contributed by atoms with E-state index in [1.807, 2.05) is 12.1 Å². The van der Waals surface area contributed by atoms with Gasteiger partial charge in [-0.1, -0.05) is 11.6 Å². The molecule has 3 nitrogen and oxygen atoms in total. The largest absolute Gasteiger partial charge is 0.380 e. The smallest absolute Gasteiger partial charge is 0.0727 e. The van der Waals surface area contributed by atoms with Gasteiger partial charge in [-0.05, 0) is 17.7 Å². The summed E-state index contributed by atoms with van der Waals surface area (Å²) < 4.78 is 5.02. The van der Waals surface area contributed by atoms with Gasteiger partial charge in [-0.25, -0.2) is 0 Å². The van der Waals surface area contributed by atoms with Crippen LogP contribution >= 0.6 is 11.6 Å². The maximum Gasteiger partial charge on any atom is 0.0727 e. The third-order valence-corrected chi connectivity index (χ3v) is 2.26. The average molecular weight is 197 g/mol. The SMILES string of the molecule is COCc1cc2cn[nH]c2cc1Cl. The first-order valence-electron chi connectivity index (χ1n) is 3.91. The number of halogens is 1. The van der Waals surface area contributed by atoms with Crippen LogP contribution in [0.2, 0.25) is 5.02 Å². The maximum absolute atomic E-state index is 6.01. The molecule has 0 saturated carbocycles. The minimum absolute atomic E-state index is 0.528. The van der Waals surface area contributed by atoms with E-state index in [2.05, 4.69) is 10.2 Å². The molecule has 0 saturated heterocycles. The van der Waals surface area contributed by atoms with Crippen molar-refractivity contribution >= 4 is 22.5 Å². The minimum Gasteiger partial charge on any atom is -0.380 e. The second-order valence-electron chi connectivity index (χ2n) is 2.83.